The van der Waals surface area contributed by atoms with Gasteiger partial charge in [-0.2, -0.15) is 0 Å². The number of ether oxygens (including phenoxy) is 2. The number of likely N-dealkylation sites (tertiary alicyclic amines) is 1. The van der Waals surface area contributed by atoms with E-state index in [1.165, 1.54) is 0 Å². The number of amidine groups is 1. The van der Waals surface area contributed by atoms with E-state index in [0.717, 1.165) is 39.9 Å². The van der Waals surface area contributed by atoms with Crippen LogP contribution in [0.4, 0.5) is 11.4 Å². The number of amides is 5. The SMILES string of the molecule is CCCN(CCO)C(=O)C1=Cc2ccc(C3(C(=O)Nc4cnc5c(c4)CN(C(=O)C4COC(CN6C(=O)CC(SC[C@H](N)C(=O)O)C6=O)OC4)CC5)CC3)cc2N=C(N)C1. The fraction of sp³-hybridized carbons (Fsp3) is 0.512. The number of hydrogen-bond donors (Lipinski definition) is 5. The molecular formula is C41H50N8O10S. The van der Waals surface area contributed by atoms with Crippen LogP contribution in [-0.2, 0) is 56.6 Å². The minimum atomic E-state index is -1.19. The van der Waals surface area contributed by atoms with Crippen LogP contribution in [-0.4, -0.2) is 141 Å². The molecule has 1 unspecified atom stereocenters. The second-order valence-electron chi connectivity index (χ2n) is 15.7. The highest BCUT2D eigenvalue weighted by atomic mass is 32.2. The maximum atomic E-state index is 13.9. The second kappa shape index (κ2) is 18.2. The first kappa shape index (κ1) is 42.9. The van der Waals surface area contributed by atoms with Crippen molar-refractivity contribution >= 4 is 70.6 Å². The van der Waals surface area contributed by atoms with Gasteiger partial charge in [0.05, 0.1) is 60.5 Å². The summed E-state index contributed by atoms with van der Waals surface area (Å²) in [7, 11) is 0. The molecule has 7 rings (SSSR count). The largest absolute Gasteiger partial charge is 0.480 e. The second-order valence-corrected chi connectivity index (χ2v) is 17.0. The van der Waals surface area contributed by atoms with Gasteiger partial charge in [-0.15, -0.1) is 11.8 Å². The number of thioether (sulfide) groups is 1. The average molecular weight is 847 g/mol. The zero-order valence-corrected chi connectivity index (χ0v) is 34.2. The molecule has 60 heavy (non-hydrogen) atoms. The Morgan fingerprint density at radius 3 is 2.60 bits per heavy atom. The molecule has 1 saturated carbocycles. The van der Waals surface area contributed by atoms with Gasteiger partial charge in [0.1, 0.15) is 11.9 Å². The highest BCUT2D eigenvalue weighted by molar-refractivity contribution is 8.00. The number of benzene rings is 1. The van der Waals surface area contributed by atoms with Gasteiger partial charge < -0.3 is 46.3 Å². The predicted molar refractivity (Wildman–Crippen MR) is 220 cm³/mol. The summed E-state index contributed by atoms with van der Waals surface area (Å²) in [5.74, 6) is -2.96. The maximum absolute atomic E-state index is 13.9. The smallest absolute Gasteiger partial charge is 0.321 e. The van der Waals surface area contributed by atoms with Crippen molar-refractivity contribution in [2.45, 2.75) is 75.0 Å². The fourth-order valence-corrected chi connectivity index (χ4v) is 9.02. The van der Waals surface area contributed by atoms with Gasteiger partial charge in [-0.1, -0.05) is 19.1 Å². The first-order valence-electron chi connectivity index (χ1n) is 20.1. The van der Waals surface area contributed by atoms with E-state index >= 15 is 0 Å². The minimum Gasteiger partial charge on any atom is -0.480 e. The lowest BCUT2D eigenvalue weighted by molar-refractivity contribution is -0.210. The van der Waals surface area contributed by atoms with Crippen molar-refractivity contribution in [3.05, 3.63) is 58.4 Å². The summed E-state index contributed by atoms with van der Waals surface area (Å²) in [4.78, 5) is 90.9. The number of aliphatic hydroxyl groups excluding tert-OH is 1. The summed E-state index contributed by atoms with van der Waals surface area (Å²) >= 11 is 1.03. The number of imide groups is 1. The summed E-state index contributed by atoms with van der Waals surface area (Å²) in [6.07, 6.45) is 5.12. The first-order chi connectivity index (χ1) is 28.8. The van der Waals surface area contributed by atoms with E-state index in [9.17, 15) is 33.9 Å². The number of nitrogens with one attached hydrogen (secondary N) is 1. The van der Waals surface area contributed by atoms with Gasteiger partial charge in [0.25, 0.3) is 0 Å². The molecule has 3 fully saturated rings. The van der Waals surface area contributed by atoms with E-state index in [0.29, 0.717) is 54.9 Å². The van der Waals surface area contributed by atoms with Gasteiger partial charge in [0.15, 0.2) is 6.29 Å². The summed E-state index contributed by atoms with van der Waals surface area (Å²) in [6.45, 7) is 3.19. The van der Waals surface area contributed by atoms with Crippen molar-refractivity contribution in [3.8, 4) is 0 Å². The van der Waals surface area contributed by atoms with Gasteiger partial charge in [0.2, 0.25) is 29.5 Å². The van der Waals surface area contributed by atoms with Crippen molar-refractivity contribution in [3.63, 3.8) is 0 Å². The Bertz CT molecular complexity index is 2110. The van der Waals surface area contributed by atoms with E-state index in [4.69, 9.17) is 26.0 Å². The van der Waals surface area contributed by atoms with Gasteiger partial charge in [0, 0.05) is 68.0 Å². The molecular weight excluding hydrogens is 797 g/mol. The number of fused-ring (bicyclic) bond motifs is 2. The number of aliphatic imine (C=N–C) groups is 1. The quantitative estimate of drug-likeness (QED) is 0.156. The van der Waals surface area contributed by atoms with Crippen LogP contribution in [0.2, 0.25) is 0 Å². The number of carbonyl (C=O) groups excluding carboxylic acids is 5. The lowest BCUT2D eigenvalue weighted by Gasteiger charge is -2.35. The molecule has 2 saturated heterocycles. The zero-order chi connectivity index (χ0) is 42.7. The van der Waals surface area contributed by atoms with Crippen LogP contribution in [0.1, 0.15) is 61.4 Å². The summed E-state index contributed by atoms with van der Waals surface area (Å²) in [5.41, 5.74) is 15.7. The number of pyridine rings is 1. The molecule has 0 bridgehead atoms. The number of aliphatic carboxylic acids is 1. The number of rotatable bonds is 15. The maximum Gasteiger partial charge on any atom is 0.321 e. The van der Waals surface area contributed by atoms with Crippen LogP contribution in [0.3, 0.4) is 0 Å². The molecule has 5 amide bonds. The number of carbonyl (C=O) groups is 6. The van der Waals surface area contributed by atoms with Crippen molar-refractivity contribution in [2.75, 3.05) is 57.1 Å². The van der Waals surface area contributed by atoms with E-state index in [-0.39, 0.29) is 81.6 Å². The van der Waals surface area contributed by atoms with Gasteiger partial charge in [-0.3, -0.25) is 38.7 Å². The molecule has 19 heteroatoms. The number of hydrogen-bond acceptors (Lipinski definition) is 14. The lowest BCUT2D eigenvalue weighted by Crippen LogP contribution is -2.48. The van der Waals surface area contributed by atoms with Crippen molar-refractivity contribution in [2.24, 2.45) is 22.4 Å². The number of nitrogens with two attached hydrogens (primary N) is 2. The van der Waals surface area contributed by atoms with Gasteiger partial charge in [-0.25, -0.2) is 4.99 Å². The first-order valence-corrected chi connectivity index (χ1v) is 21.2. The molecule has 1 aliphatic carbocycles. The Hall–Kier alpha value is -5.21. The van der Waals surface area contributed by atoms with Crippen LogP contribution in [0.25, 0.3) is 6.08 Å². The van der Waals surface area contributed by atoms with Crippen LogP contribution < -0.4 is 16.8 Å². The normalized spacial score (nSPS) is 22.5. The molecule has 5 aliphatic rings. The molecule has 7 N–H and O–H groups in total. The molecule has 2 aromatic rings. The third-order valence-corrected chi connectivity index (χ3v) is 12.7. The Balaban J connectivity index is 0.940. The Morgan fingerprint density at radius 2 is 1.90 bits per heavy atom. The van der Waals surface area contributed by atoms with Crippen LogP contribution >= 0.6 is 11.8 Å². The van der Waals surface area contributed by atoms with E-state index < -0.39 is 46.7 Å². The van der Waals surface area contributed by atoms with Gasteiger partial charge in [-0.05, 0) is 48.6 Å². The molecule has 2 atom stereocenters. The molecule has 18 nitrogen and oxygen atoms in total. The summed E-state index contributed by atoms with van der Waals surface area (Å²) < 4.78 is 11.6. The molecule has 1 aromatic heterocycles. The molecule has 4 aliphatic heterocycles. The fourth-order valence-electron chi connectivity index (χ4n) is 7.90. The third kappa shape index (κ3) is 9.24. The minimum absolute atomic E-state index is 0.0120. The van der Waals surface area contributed by atoms with Crippen LogP contribution in [0.15, 0.2) is 41.0 Å². The van der Waals surface area contributed by atoms with E-state index in [1.807, 2.05) is 31.2 Å². The molecule has 320 valence electrons. The molecule has 0 spiro atoms. The Morgan fingerprint density at radius 1 is 1.13 bits per heavy atom. The number of aromatic nitrogens is 1. The molecule has 1 aromatic carbocycles. The molecule has 0 radical (unpaired) electrons. The van der Waals surface area contributed by atoms with E-state index in [2.05, 4.69) is 15.3 Å². The predicted octanol–water partition coefficient (Wildman–Crippen LogP) is 0.905. The standard InChI is InChI=1S/C41H50N8O10S/c1-2-8-47(10-11-50)36(52)24-12-23-3-4-27(15-31(23)46-33(43)14-24)41(6-7-41)40(57)45-28-13-25-18-48(9-5-30(25)44-17-28)37(53)26-20-58-35(59-21-26)19-49-34(51)16-32(38(49)54)60-22-29(42)39(55)56/h3-4,12-13,15,17,26,29,32,35,50H,2,5-11,14,16,18-22,42H2,1H3,(H2,43,46)(H,45,57)(H,55,56)/t26?,29-,32?,35?/m0/s1. The average Bonchev–Trinajstić information content (AvgIpc) is 4.03. The lowest BCUT2D eigenvalue weighted by atomic mass is 9.92. The number of carboxylic acids is 1. The van der Waals surface area contributed by atoms with Crippen molar-refractivity contribution < 1.29 is 48.5 Å². The number of carboxylic acid groups (broad SMARTS) is 1. The van der Waals surface area contributed by atoms with Crippen LogP contribution in [0.5, 0.6) is 0 Å². The third-order valence-electron chi connectivity index (χ3n) is 11.4. The summed E-state index contributed by atoms with van der Waals surface area (Å²) in [6, 6.07) is 6.29. The Kier molecular flexibility index (Phi) is 13.0. The van der Waals surface area contributed by atoms with Crippen molar-refractivity contribution in [1.29, 1.82) is 0 Å². The summed E-state index contributed by atoms with van der Waals surface area (Å²) in [5, 5.41) is 20.8. The highest BCUT2D eigenvalue weighted by Crippen LogP contribution is 2.50. The number of aliphatic hydroxyl groups is 1. The number of nitrogens with zero attached hydrogens (tertiary/aromatic N) is 5. The Labute approximate surface area is 350 Å². The van der Waals surface area contributed by atoms with Crippen LogP contribution in [0, 0.1) is 5.92 Å². The zero-order valence-electron chi connectivity index (χ0n) is 33.3. The molecule has 5 heterocycles. The number of anilines is 1. The van der Waals surface area contributed by atoms with E-state index in [1.54, 1.807) is 22.1 Å². The highest BCUT2D eigenvalue weighted by Gasteiger charge is 2.51. The topological polar surface area (TPSA) is 260 Å². The van der Waals surface area contributed by atoms with Gasteiger partial charge >= 0.3 is 5.97 Å². The monoisotopic (exact) mass is 846 g/mol. The van der Waals surface area contributed by atoms with Crippen molar-refractivity contribution in [1.82, 2.24) is 19.7 Å².